The minimum Gasteiger partial charge on any atom is -0.385 e. The van der Waals surface area contributed by atoms with E-state index in [1.165, 1.54) is 29.7 Å². The molecule has 1 aliphatic heterocycles. The summed E-state index contributed by atoms with van der Waals surface area (Å²) in [6, 6.07) is 6.63. The maximum absolute atomic E-state index is 3.55. The monoisotopic (exact) mass is 218 g/mol. The number of aryl methyl sites for hydroxylation is 1. The van der Waals surface area contributed by atoms with Gasteiger partial charge in [0.05, 0.1) is 0 Å². The summed E-state index contributed by atoms with van der Waals surface area (Å²) in [4.78, 5) is 0. The highest BCUT2D eigenvalue weighted by molar-refractivity contribution is 5.59. The second-order valence-corrected chi connectivity index (χ2v) is 5.59. The van der Waals surface area contributed by atoms with Gasteiger partial charge in [0.25, 0.3) is 0 Å². The van der Waals surface area contributed by atoms with Gasteiger partial charge in [0.15, 0.2) is 0 Å². The molecule has 0 saturated heterocycles. The van der Waals surface area contributed by atoms with Gasteiger partial charge < -0.3 is 10.6 Å². The Kier molecular flexibility index (Phi) is 3.20. The van der Waals surface area contributed by atoms with Crippen molar-refractivity contribution in [2.24, 2.45) is 0 Å². The van der Waals surface area contributed by atoms with E-state index in [2.05, 4.69) is 49.6 Å². The van der Waals surface area contributed by atoms with Crippen LogP contribution in [0.4, 0.5) is 5.69 Å². The van der Waals surface area contributed by atoms with Gasteiger partial charge in [-0.15, -0.1) is 0 Å². The Hall–Kier alpha value is -1.02. The minimum absolute atomic E-state index is 0.178. The highest BCUT2D eigenvalue weighted by Gasteiger charge is 2.14. The molecule has 1 aliphatic rings. The molecule has 2 N–H and O–H groups in total. The Morgan fingerprint density at radius 3 is 2.88 bits per heavy atom. The quantitative estimate of drug-likeness (QED) is 0.797. The highest BCUT2D eigenvalue weighted by atomic mass is 15.0. The van der Waals surface area contributed by atoms with Gasteiger partial charge in [0.1, 0.15) is 0 Å². The van der Waals surface area contributed by atoms with Crippen molar-refractivity contribution < 1.29 is 0 Å². The van der Waals surface area contributed by atoms with Crippen LogP contribution in [0.15, 0.2) is 18.2 Å². The lowest BCUT2D eigenvalue weighted by molar-refractivity contribution is 0.424. The minimum atomic E-state index is 0.178. The summed E-state index contributed by atoms with van der Waals surface area (Å²) in [5, 5.41) is 7.08. The topological polar surface area (TPSA) is 24.1 Å². The zero-order chi connectivity index (χ0) is 11.6. The van der Waals surface area contributed by atoms with E-state index in [4.69, 9.17) is 0 Å². The molecule has 2 nitrogen and oxygen atoms in total. The van der Waals surface area contributed by atoms with E-state index in [1.807, 2.05) is 0 Å². The van der Waals surface area contributed by atoms with Gasteiger partial charge in [-0.25, -0.2) is 0 Å². The first-order valence-corrected chi connectivity index (χ1v) is 6.16. The van der Waals surface area contributed by atoms with E-state index >= 15 is 0 Å². The lowest BCUT2D eigenvalue weighted by Crippen LogP contribution is -2.35. The van der Waals surface area contributed by atoms with Gasteiger partial charge in [-0.2, -0.15) is 0 Å². The predicted molar refractivity (Wildman–Crippen MR) is 69.8 cm³/mol. The van der Waals surface area contributed by atoms with Crippen LogP contribution in [0.3, 0.4) is 0 Å². The third kappa shape index (κ3) is 2.76. The first kappa shape index (κ1) is 11.5. The average Bonchev–Trinajstić information content (AvgIpc) is 2.25. The number of fused-ring (bicyclic) bond motifs is 1. The summed E-state index contributed by atoms with van der Waals surface area (Å²) in [7, 11) is 0. The highest BCUT2D eigenvalue weighted by Crippen LogP contribution is 2.26. The molecule has 1 heterocycles. The first-order valence-electron chi connectivity index (χ1n) is 6.16. The second kappa shape index (κ2) is 4.46. The van der Waals surface area contributed by atoms with Crippen LogP contribution in [-0.4, -0.2) is 12.1 Å². The van der Waals surface area contributed by atoms with Gasteiger partial charge in [-0.3, -0.25) is 0 Å². The molecule has 1 aromatic carbocycles. The maximum Gasteiger partial charge on any atom is 0.0418 e. The molecule has 2 heteroatoms. The number of nitrogens with one attached hydrogen (secondary N) is 2. The molecule has 16 heavy (non-hydrogen) atoms. The fourth-order valence-corrected chi connectivity index (χ4v) is 2.09. The largest absolute Gasteiger partial charge is 0.385 e. The lowest BCUT2D eigenvalue weighted by atomic mass is 9.99. The molecule has 2 rings (SSSR count). The Balaban J connectivity index is 2.15. The van der Waals surface area contributed by atoms with E-state index in [9.17, 15) is 0 Å². The van der Waals surface area contributed by atoms with Gasteiger partial charge in [0.2, 0.25) is 0 Å². The third-order valence-corrected chi connectivity index (χ3v) is 2.97. The van der Waals surface area contributed by atoms with E-state index in [1.54, 1.807) is 0 Å². The van der Waals surface area contributed by atoms with Crippen LogP contribution in [0.2, 0.25) is 0 Å². The lowest BCUT2D eigenvalue weighted by Gasteiger charge is -2.25. The standard InChI is InChI=1S/C14H22N2/c1-14(2,3)16-10-12-7-4-6-11-8-5-9-15-13(11)12/h4,6-7,15-16H,5,8-10H2,1-3H3. The molecule has 0 amide bonds. The van der Waals surface area contributed by atoms with Gasteiger partial charge in [-0.05, 0) is 44.7 Å². The molecule has 0 unspecified atom stereocenters. The molecule has 0 spiro atoms. The number of anilines is 1. The van der Waals surface area contributed by atoms with Crippen molar-refractivity contribution >= 4 is 5.69 Å². The third-order valence-electron chi connectivity index (χ3n) is 2.97. The van der Waals surface area contributed by atoms with Crippen LogP contribution in [0.25, 0.3) is 0 Å². The maximum atomic E-state index is 3.55. The molecule has 0 aromatic heterocycles. The van der Waals surface area contributed by atoms with Gasteiger partial charge in [0, 0.05) is 24.3 Å². The summed E-state index contributed by atoms with van der Waals surface area (Å²) >= 11 is 0. The van der Waals surface area contributed by atoms with Crippen molar-refractivity contribution in [3.8, 4) is 0 Å². The van der Waals surface area contributed by atoms with Crippen molar-refractivity contribution in [3.05, 3.63) is 29.3 Å². The molecule has 88 valence electrons. The van der Waals surface area contributed by atoms with Crippen molar-refractivity contribution in [2.45, 2.75) is 45.7 Å². The van der Waals surface area contributed by atoms with Crippen LogP contribution in [0.5, 0.6) is 0 Å². The van der Waals surface area contributed by atoms with Gasteiger partial charge in [-0.1, -0.05) is 18.2 Å². The number of benzene rings is 1. The average molecular weight is 218 g/mol. The fraction of sp³-hybridized carbons (Fsp3) is 0.571. The summed E-state index contributed by atoms with van der Waals surface area (Å²) in [6.07, 6.45) is 2.47. The number of para-hydroxylation sites is 1. The van der Waals surface area contributed by atoms with Crippen LogP contribution < -0.4 is 10.6 Å². The fourth-order valence-electron chi connectivity index (χ4n) is 2.09. The Labute approximate surface area is 98.4 Å². The molecule has 1 aromatic rings. The smallest absolute Gasteiger partial charge is 0.0418 e. The summed E-state index contributed by atoms with van der Waals surface area (Å²) in [6.45, 7) is 8.67. The van der Waals surface area contributed by atoms with E-state index in [0.717, 1.165) is 13.1 Å². The van der Waals surface area contributed by atoms with Crippen molar-refractivity contribution in [1.29, 1.82) is 0 Å². The molecule has 0 bridgehead atoms. The van der Waals surface area contributed by atoms with E-state index < -0.39 is 0 Å². The summed E-state index contributed by atoms with van der Waals surface area (Å²) in [5.74, 6) is 0. The summed E-state index contributed by atoms with van der Waals surface area (Å²) < 4.78 is 0. The zero-order valence-electron chi connectivity index (χ0n) is 10.6. The van der Waals surface area contributed by atoms with Crippen molar-refractivity contribution in [3.63, 3.8) is 0 Å². The Morgan fingerprint density at radius 1 is 1.31 bits per heavy atom. The summed E-state index contributed by atoms with van der Waals surface area (Å²) in [5.41, 5.74) is 4.41. The number of rotatable bonds is 2. The number of hydrogen-bond acceptors (Lipinski definition) is 2. The number of hydrogen-bond donors (Lipinski definition) is 2. The van der Waals surface area contributed by atoms with Crippen LogP contribution in [0.1, 0.15) is 38.3 Å². The zero-order valence-corrected chi connectivity index (χ0v) is 10.6. The van der Waals surface area contributed by atoms with Gasteiger partial charge >= 0.3 is 0 Å². The van der Waals surface area contributed by atoms with E-state index in [-0.39, 0.29) is 5.54 Å². The van der Waals surface area contributed by atoms with E-state index in [0.29, 0.717) is 0 Å². The van der Waals surface area contributed by atoms with Crippen molar-refractivity contribution in [2.75, 3.05) is 11.9 Å². The van der Waals surface area contributed by atoms with Crippen LogP contribution in [-0.2, 0) is 13.0 Å². The molecular formula is C14H22N2. The molecule has 0 saturated carbocycles. The molecule has 0 radical (unpaired) electrons. The molecule has 0 fully saturated rings. The second-order valence-electron chi connectivity index (χ2n) is 5.59. The SMILES string of the molecule is CC(C)(C)NCc1cccc2c1NCCC2. The molecule has 0 atom stereocenters. The van der Waals surface area contributed by atoms with Crippen LogP contribution >= 0.6 is 0 Å². The predicted octanol–water partition coefficient (Wildman–Crippen LogP) is 2.93. The Morgan fingerprint density at radius 2 is 2.12 bits per heavy atom. The molecular weight excluding hydrogens is 196 g/mol. The van der Waals surface area contributed by atoms with Crippen LogP contribution in [0, 0.1) is 0 Å². The first-order chi connectivity index (χ1) is 7.56. The molecule has 0 aliphatic carbocycles. The normalized spacial score (nSPS) is 15.4. The Bertz CT molecular complexity index is 363. The van der Waals surface area contributed by atoms with Crippen molar-refractivity contribution in [1.82, 2.24) is 5.32 Å².